The van der Waals surface area contributed by atoms with Gasteiger partial charge in [0.15, 0.2) is 6.79 Å². The van der Waals surface area contributed by atoms with E-state index < -0.39 is 5.97 Å². The smallest absolute Gasteiger partial charge is 0.328 e. The molecule has 2 rings (SSSR count). The minimum absolute atomic E-state index is 0.292. The van der Waals surface area contributed by atoms with E-state index in [-0.39, 0.29) is 0 Å². The third-order valence-corrected chi connectivity index (χ3v) is 3.64. The average Bonchev–Trinajstić information content (AvgIpc) is 2.54. The minimum Gasteiger partial charge on any atom is -0.478 e. The molecule has 0 unspecified atom stereocenters. The molecule has 0 aliphatic heterocycles. The topological polar surface area (TPSA) is 55.8 Å². The van der Waals surface area contributed by atoms with Crippen molar-refractivity contribution in [1.29, 1.82) is 0 Å². The second-order valence-corrected chi connectivity index (χ2v) is 5.35. The van der Waals surface area contributed by atoms with E-state index in [1.165, 1.54) is 19.3 Å². The summed E-state index contributed by atoms with van der Waals surface area (Å²) in [6.45, 7) is 0.292. The molecule has 4 heteroatoms. The van der Waals surface area contributed by atoms with Gasteiger partial charge in [-0.2, -0.15) is 0 Å². The predicted molar refractivity (Wildman–Crippen MR) is 86.1 cm³/mol. The van der Waals surface area contributed by atoms with Crippen LogP contribution in [0, 0.1) is 0 Å². The van der Waals surface area contributed by atoms with Gasteiger partial charge in [0.25, 0.3) is 0 Å². The van der Waals surface area contributed by atoms with Crippen molar-refractivity contribution >= 4 is 18.1 Å². The first-order chi connectivity index (χ1) is 10.7. The maximum atomic E-state index is 10.4. The van der Waals surface area contributed by atoms with Crippen LogP contribution in [0.2, 0.25) is 0 Å². The van der Waals surface area contributed by atoms with Gasteiger partial charge in [0.1, 0.15) is 0 Å². The van der Waals surface area contributed by atoms with Gasteiger partial charge in [0, 0.05) is 6.08 Å². The predicted octanol–water partition coefficient (Wildman–Crippen LogP) is 4.08. The molecule has 1 aliphatic carbocycles. The Bertz CT molecular complexity index is 510. The van der Waals surface area contributed by atoms with Crippen molar-refractivity contribution in [2.24, 2.45) is 0 Å². The maximum Gasteiger partial charge on any atom is 0.328 e. The quantitative estimate of drug-likeness (QED) is 0.357. The van der Waals surface area contributed by atoms with Crippen molar-refractivity contribution in [3.8, 4) is 0 Å². The van der Waals surface area contributed by atoms with Crippen molar-refractivity contribution in [3.63, 3.8) is 0 Å². The fraction of sp³-hybridized carbons (Fsp3) is 0.389. The molecule has 1 aromatic carbocycles. The molecular weight excluding hydrogens is 280 g/mol. The Kier molecular flexibility index (Phi) is 6.71. The van der Waals surface area contributed by atoms with Gasteiger partial charge >= 0.3 is 5.97 Å². The molecule has 1 N–H and O–H groups in total. The lowest BCUT2D eigenvalue weighted by molar-refractivity contribution is -0.131. The zero-order valence-corrected chi connectivity index (χ0v) is 12.6. The zero-order valence-electron chi connectivity index (χ0n) is 12.6. The Morgan fingerprint density at radius 3 is 2.36 bits per heavy atom. The van der Waals surface area contributed by atoms with Crippen LogP contribution in [-0.2, 0) is 14.3 Å². The summed E-state index contributed by atoms with van der Waals surface area (Å²) in [4.78, 5) is 10.4. The van der Waals surface area contributed by atoms with Crippen molar-refractivity contribution in [2.75, 3.05) is 6.79 Å². The van der Waals surface area contributed by atoms with Crippen LogP contribution in [0.5, 0.6) is 0 Å². The zero-order chi connectivity index (χ0) is 15.6. The lowest BCUT2D eigenvalue weighted by atomic mass is 9.98. The van der Waals surface area contributed by atoms with Crippen LogP contribution in [0.15, 0.2) is 36.6 Å². The number of hydrogen-bond donors (Lipinski definition) is 1. The molecule has 0 heterocycles. The highest BCUT2D eigenvalue weighted by Crippen LogP contribution is 2.20. The standard InChI is InChI=1S/C18H22O4/c19-18(20)11-10-15-6-8-16(9-7-15)12-13-21-14-22-17-4-2-1-3-5-17/h6-13,17H,1-5,14H2,(H,19,20). The molecule has 1 aromatic rings. The average molecular weight is 302 g/mol. The molecular formula is C18H22O4. The summed E-state index contributed by atoms with van der Waals surface area (Å²) in [5.41, 5.74) is 1.84. The molecule has 22 heavy (non-hydrogen) atoms. The maximum absolute atomic E-state index is 10.4. The molecule has 0 radical (unpaired) electrons. The Morgan fingerprint density at radius 2 is 1.73 bits per heavy atom. The molecule has 0 amide bonds. The Labute approximate surface area is 131 Å². The van der Waals surface area contributed by atoms with Crippen LogP contribution in [0.1, 0.15) is 43.2 Å². The Balaban J connectivity index is 1.70. The number of carboxylic acids is 1. The summed E-state index contributed by atoms with van der Waals surface area (Å²) in [7, 11) is 0. The fourth-order valence-corrected chi connectivity index (χ4v) is 2.42. The molecule has 0 bridgehead atoms. The van der Waals surface area contributed by atoms with Crippen molar-refractivity contribution in [1.82, 2.24) is 0 Å². The van der Waals surface area contributed by atoms with Gasteiger partial charge in [-0.3, -0.25) is 0 Å². The van der Waals surface area contributed by atoms with Gasteiger partial charge in [0.2, 0.25) is 0 Å². The lowest BCUT2D eigenvalue weighted by Gasteiger charge is -2.21. The van der Waals surface area contributed by atoms with Crippen LogP contribution in [0.25, 0.3) is 12.2 Å². The van der Waals surface area contributed by atoms with Gasteiger partial charge in [-0.1, -0.05) is 43.5 Å². The minimum atomic E-state index is -0.949. The number of hydrogen-bond acceptors (Lipinski definition) is 3. The highest BCUT2D eigenvalue weighted by molar-refractivity contribution is 5.85. The third kappa shape index (κ3) is 6.14. The van der Waals surface area contributed by atoms with Gasteiger partial charge < -0.3 is 14.6 Å². The molecule has 4 nitrogen and oxygen atoms in total. The molecule has 0 aromatic heterocycles. The summed E-state index contributed by atoms with van der Waals surface area (Å²) < 4.78 is 11.0. The summed E-state index contributed by atoms with van der Waals surface area (Å²) in [6.07, 6.45) is 12.6. The van der Waals surface area contributed by atoms with E-state index in [1.807, 2.05) is 30.3 Å². The molecule has 118 valence electrons. The first-order valence-electron chi connectivity index (χ1n) is 7.65. The lowest BCUT2D eigenvalue weighted by Crippen LogP contribution is -2.17. The van der Waals surface area contributed by atoms with E-state index in [2.05, 4.69) is 0 Å². The molecule has 1 fully saturated rings. The summed E-state index contributed by atoms with van der Waals surface area (Å²) in [5, 5.41) is 8.56. The van der Waals surface area contributed by atoms with Gasteiger partial charge in [0.05, 0.1) is 12.4 Å². The van der Waals surface area contributed by atoms with Gasteiger partial charge in [-0.05, 0) is 36.1 Å². The van der Waals surface area contributed by atoms with Crippen molar-refractivity contribution in [3.05, 3.63) is 47.7 Å². The Hall–Kier alpha value is -2.07. The van der Waals surface area contributed by atoms with E-state index in [9.17, 15) is 4.79 Å². The van der Waals surface area contributed by atoms with Crippen LogP contribution in [0.3, 0.4) is 0 Å². The van der Waals surface area contributed by atoms with E-state index in [0.29, 0.717) is 12.9 Å². The third-order valence-electron chi connectivity index (χ3n) is 3.64. The number of rotatable bonds is 7. The SMILES string of the molecule is O=C(O)C=Cc1ccc(C=COCOC2CCCCC2)cc1. The number of ether oxygens (including phenoxy) is 2. The second kappa shape index (κ2) is 9.05. The highest BCUT2D eigenvalue weighted by atomic mass is 16.7. The number of carboxylic acid groups (broad SMARTS) is 1. The molecule has 0 saturated heterocycles. The Morgan fingerprint density at radius 1 is 1.09 bits per heavy atom. The van der Waals surface area contributed by atoms with Crippen LogP contribution >= 0.6 is 0 Å². The first kappa shape index (κ1) is 16.3. The van der Waals surface area contributed by atoms with Crippen LogP contribution in [0.4, 0.5) is 0 Å². The molecule has 0 atom stereocenters. The van der Waals surface area contributed by atoms with E-state index in [4.69, 9.17) is 14.6 Å². The van der Waals surface area contributed by atoms with E-state index >= 15 is 0 Å². The van der Waals surface area contributed by atoms with E-state index in [0.717, 1.165) is 30.0 Å². The normalized spacial score (nSPS) is 16.4. The van der Waals surface area contributed by atoms with Gasteiger partial charge in [-0.25, -0.2) is 4.79 Å². The number of carbonyl (C=O) groups is 1. The summed E-state index contributed by atoms with van der Waals surface area (Å²) in [6, 6.07) is 7.53. The van der Waals surface area contributed by atoms with E-state index in [1.54, 1.807) is 12.3 Å². The molecule has 1 saturated carbocycles. The van der Waals surface area contributed by atoms with Gasteiger partial charge in [-0.15, -0.1) is 0 Å². The van der Waals surface area contributed by atoms with Crippen molar-refractivity contribution in [2.45, 2.75) is 38.2 Å². The fourth-order valence-electron chi connectivity index (χ4n) is 2.42. The summed E-state index contributed by atoms with van der Waals surface area (Å²) in [5.74, 6) is -0.949. The van der Waals surface area contributed by atoms with Crippen LogP contribution in [-0.4, -0.2) is 24.0 Å². The van der Waals surface area contributed by atoms with Crippen molar-refractivity contribution < 1.29 is 19.4 Å². The number of benzene rings is 1. The van der Waals surface area contributed by atoms with Crippen LogP contribution < -0.4 is 0 Å². The second-order valence-electron chi connectivity index (χ2n) is 5.35. The molecule has 1 aliphatic rings. The highest BCUT2D eigenvalue weighted by Gasteiger charge is 2.12. The molecule has 0 spiro atoms. The monoisotopic (exact) mass is 302 g/mol. The summed E-state index contributed by atoms with van der Waals surface area (Å²) >= 11 is 0. The largest absolute Gasteiger partial charge is 0.478 e. The first-order valence-corrected chi connectivity index (χ1v) is 7.65. The number of aliphatic carboxylic acids is 1.